The second kappa shape index (κ2) is 18.0. The Morgan fingerprint density at radius 3 is 1.29 bits per heavy atom. The zero-order chi connectivity index (χ0) is 37.0. The van der Waals surface area contributed by atoms with E-state index in [1.807, 2.05) is 125 Å². The third-order valence-corrected chi connectivity index (χ3v) is 8.93. The standard InChI is InChI=1S/C42H46N2O8/c1-5-23-43(27-31-17-21-37(29(3)25-31)49-33-13-9-7-10-14-33)41(47)51-39(45)35-19-20-36(35)40(46)52-42(48)44(24-6-2)28-32-18-22-38(30(4)26-32)50-34-15-11-8-12-16-34/h7-18,21-22,25-26,35-36H,5-6,19-20,23-24,27-28H2,1-4H3. The summed E-state index contributed by atoms with van der Waals surface area (Å²) in [5.74, 6) is -0.491. The van der Waals surface area contributed by atoms with Crippen molar-refractivity contribution in [2.75, 3.05) is 13.1 Å². The summed E-state index contributed by atoms with van der Waals surface area (Å²) in [7, 11) is 0. The van der Waals surface area contributed by atoms with Gasteiger partial charge in [0.05, 0.1) is 11.8 Å². The Morgan fingerprint density at radius 1 is 0.577 bits per heavy atom. The summed E-state index contributed by atoms with van der Waals surface area (Å²) < 4.78 is 22.5. The Bertz CT molecular complexity index is 1710. The van der Waals surface area contributed by atoms with Crippen LogP contribution in [0.25, 0.3) is 0 Å². The lowest BCUT2D eigenvalue weighted by atomic mass is 9.74. The zero-order valence-electron chi connectivity index (χ0n) is 30.2. The van der Waals surface area contributed by atoms with E-state index in [0.29, 0.717) is 50.3 Å². The number of benzene rings is 4. The first-order valence-electron chi connectivity index (χ1n) is 17.8. The fourth-order valence-electron chi connectivity index (χ4n) is 6.05. The largest absolute Gasteiger partial charge is 0.457 e. The lowest BCUT2D eigenvalue weighted by Crippen LogP contribution is -2.44. The number of ether oxygens (including phenoxy) is 4. The van der Waals surface area contributed by atoms with Gasteiger partial charge in [-0.15, -0.1) is 0 Å². The molecule has 52 heavy (non-hydrogen) atoms. The molecule has 2 unspecified atom stereocenters. The molecule has 0 saturated heterocycles. The van der Waals surface area contributed by atoms with E-state index in [0.717, 1.165) is 33.8 Å². The average molecular weight is 707 g/mol. The maximum absolute atomic E-state index is 13.2. The molecule has 272 valence electrons. The molecule has 2 amide bonds. The normalized spacial score (nSPS) is 14.8. The minimum absolute atomic E-state index is 0.229. The summed E-state index contributed by atoms with van der Waals surface area (Å²) in [5, 5.41) is 0. The topological polar surface area (TPSA) is 112 Å². The van der Waals surface area contributed by atoms with E-state index in [4.69, 9.17) is 18.9 Å². The molecule has 4 aromatic carbocycles. The van der Waals surface area contributed by atoms with Gasteiger partial charge >= 0.3 is 24.1 Å². The maximum Gasteiger partial charge on any atom is 0.417 e. The number of nitrogens with zero attached hydrogens (tertiary/aromatic N) is 2. The van der Waals surface area contributed by atoms with Crippen LogP contribution in [0.3, 0.4) is 0 Å². The molecule has 0 aliphatic heterocycles. The number of carbonyl (C=O) groups excluding carboxylic acids is 4. The highest BCUT2D eigenvalue weighted by Crippen LogP contribution is 2.37. The minimum Gasteiger partial charge on any atom is -0.457 e. The molecule has 10 heteroatoms. The van der Waals surface area contributed by atoms with Crippen LogP contribution < -0.4 is 9.47 Å². The van der Waals surface area contributed by atoms with Crippen LogP contribution in [0.4, 0.5) is 9.59 Å². The number of amides is 2. The molecular formula is C42H46N2O8. The third-order valence-electron chi connectivity index (χ3n) is 8.93. The first-order chi connectivity index (χ1) is 25.1. The smallest absolute Gasteiger partial charge is 0.417 e. The van der Waals surface area contributed by atoms with Gasteiger partial charge in [-0.1, -0.05) is 74.5 Å². The number of rotatable bonds is 14. The number of carbonyl (C=O) groups is 4. The van der Waals surface area contributed by atoms with Gasteiger partial charge in [-0.2, -0.15) is 0 Å². The quantitative estimate of drug-likeness (QED) is 0.0942. The maximum atomic E-state index is 13.2. The Morgan fingerprint density at radius 2 is 0.962 bits per heavy atom. The van der Waals surface area contributed by atoms with E-state index in [9.17, 15) is 19.2 Å². The highest BCUT2D eigenvalue weighted by molar-refractivity contribution is 5.93. The summed E-state index contributed by atoms with van der Waals surface area (Å²) >= 11 is 0. The van der Waals surface area contributed by atoms with Gasteiger partial charge in [0.1, 0.15) is 23.0 Å². The van der Waals surface area contributed by atoms with Crippen molar-refractivity contribution >= 4 is 24.1 Å². The van der Waals surface area contributed by atoms with Crippen LogP contribution in [0, 0.1) is 25.7 Å². The molecule has 0 N–H and O–H groups in total. The van der Waals surface area contributed by atoms with Crippen LogP contribution in [-0.2, 0) is 32.2 Å². The first-order valence-corrected chi connectivity index (χ1v) is 17.8. The van der Waals surface area contributed by atoms with Gasteiger partial charge in [-0.25, -0.2) is 9.59 Å². The molecule has 1 aliphatic rings. The highest BCUT2D eigenvalue weighted by Gasteiger charge is 2.45. The fourth-order valence-corrected chi connectivity index (χ4v) is 6.05. The van der Waals surface area contributed by atoms with Crippen LogP contribution in [-0.4, -0.2) is 47.0 Å². The zero-order valence-corrected chi connectivity index (χ0v) is 30.2. The highest BCUT2D eigenvalue weighted by atomic mass is 16.6. The molecule has 0 spiro atoms. The van der Waals surface area contributed by atoms with Crippen molar-refractivity contribution in [1.82, 2.24) is 9.80 Å². The lowest BCUT2D eigenvalue weighted by molar-refractivity contribution is -0.161. The van der Waals surface area contributed by atoms with Gasteiger partial charge in [0.2, 0.25) is 0 Å². The third kappa shape index (κ3) is 9.99. The van der Waals surface area contributed by atoms with Crippen molar-refractivity contribution in [3.63, 3.8) is 0 Å². The summed E-state index contributed by atoms with van der Waals surface area (Å²) in [6.07, 6.45) is 0.438. The summed E-state index contributed by atoms with van der Waals surface area (Å²) in [5.41, 5.74) is 3.49. The lowest BCUT2D eigenvalue weighted by Gasteiger charge is -2.33. The molecule has 2 atom stereocenters. The second-order valence-corrected chi connectivity index (χ2v) is 13.0. The molecule has 0 bridgehead atoms. The van der Waals surface area contributed by atoms with Gasteiger partial charge in [-0.05, 0) is 98.2 Å². The number of hydrogen-bond donors (Lipinski definition) is 0. The molecule has 0 aromatic heterocycles. The Balaban J connectivity index is 1.14. The van der Waals surface area contributed by atoms with Gasteiger partial charge in [0.25, 0.3) is 0 Å². The van der Waals surface area contributed by atoms with E-state index >= 15 is 0 Å². The molecule has 1 saturated carbocycles. The van der Waals surface area contributed by atoms with Gasteiger partial charge in [0.15, 0.2) is 0 Å². The molecule has 5 rings (SSSR count). The summed E-state index contributed by atoms with van der Waals surface area (Å²) in [6.45, 7) is 8.91. The van der Waals surface area contributed by atoms with Crippen LogP contribution >= 0.6 is 0 Å². The van der Waals surface area contributed by atoms with E-state index < -0.39 is 36.0 Å². The number of aryl methyl sites for hydroxylation is 2. The molecule has 10 nitrogen and oxygen atoms in total. The summed E-state index contributed by atoms with van der Waals surface area (Å²) in [6, 6.07) is 30.2. The van der Waals surface area contributed by atoms with Crippen LogP contribution in [0.15, 0.2) is 97.1 Å². The predicted octanol–water partition coefficient (Wildman–Crippen LogP) is 9.36. The average Bonchev–Trinajstić information content (AvgIpc) is 3.10. The number of para-hydroxylation sites is 2. The minimum atomic E-state index is -0.871. The Labute approximate surface area is 305 Å². The molecular weight excluding hydrogens is 660 g/mol. The van der Waals surface area contributed by atoms with E-state index in [1.54, 1.807) is 0 Å². The molecule has 0 radical (unpaired) electrons. The van der Waals surface area contributed by atoms with Crippen LogP contribution in [0.2, 0.25) is 0 Å². The van der Waals surface area contributed by atoms with Crippen LogP contribution in [0.5, 0.6) is 23.0 Å². The predicted molar refractivity (Wildman–Crippen MR) is 196 cm³/mol. The monoisotopic (exact) mass is 706 g/mol. The van der Waals surface area contributed by atoms with Gasteiger partial charge < -0.3 is 28.7 Å². The summed E-state index contributed by atoms with van der Waals surface area (Å²) in [4.78, 5) is 55.5. The van der Waals surface area contributed by atoms with Crippen molar-refractivity contribution in [2.24, 2.45) is 11.8 Å². The van der Waals surface area contributed by atoms with Crippen molar-refractivity contribution in [3.8, 4) is 23.0 Å². The molecule has 1 fully saturated rings. The SMILES string of the molecule is CCCN(Cc1ccc(Oc2ccccc2)c(C)c1)C(=O)OC(=O)C1CCC1C(=O)OC(=O)N(CCC)Cc1ccc(Oc2ccccc2)c(C)c1. The second-order valence-electron chi connectivity index (χ2n) is 13.0. The van der Waals surface area contributed by atoms with Crippen molar-refractivity contribution in [3.05, 3.63) is 119 Å². The fraction of sp³-hybridized carbons (Fsp3) is 0.333. The van der Waals surface area contributed by atoms with Gasteiger partial charge in [-0.3, -0.25) is 9.59 Å². The first kappa shape index (κ1) is 37.6. The Kier molecular flexibility index (Phi) is 13.0. The van der Waals surface area contributed by atoms with E-state index in [2.05, 4.69) is 0 Å². The molecule has 4 aromatic rings. The van der Waals surface area contributed by atoms with Gasteiger partial charge in [0, 0.05) is 26.2 Å². The van der Waals surface area contributed by atoms with Crippen LogP contribution in [0.1, 0.15) is 61.8 Å². The van der Waals surface area contributed by atoms with Crippen molar-refractivity contribution in [1.29, 1.82) is 0 Å². The molecule has 0 heterocycles. The molecule has 1 aliphatic carbocycles. The number of hydrogen-bond acceptors (Lipinski definition) is 8. The van der Waals surface area contributed by atoms with E-state index in [1.165, 1.54) is 9.80 Å². The Hall–Kier alpha value is -5.64. The van der Waals surface area contributed by atoms with E-state index in [-0.39, 0.29) is 13.1 Å². The van der Waals surface area contributed by atoms with Crippen molar-refractivity contribution in [2.45, 2.75) is 66.5 Å². The van der Waals surface area contributed by atoms with Crippen molar-refractivity contribution < 1.29 is 38.1 Å². The number of esters is 2.